The zero-order chi connectivity index (χ0) is 14.3. The van der Waals surface area contributed by atoms with E-state index in [4.69, 9.17) is 9.47 Å². The highest BCUT2D eigenvalue weighted by molar-refractivity contribution is 9.10. The van der Waals surface area contributed by atoms with Crippen molar-refractivity contribution in [3.8, 4) is 11.5 Å². The summed E-state index contributed by atoms with van der Waals surface area (Å²) in [4.78, 5) is 0. The average Bonchev–Trinajstić information content (AvgIpc) is 2.36. The smallest absolute Gasteiger partial charge is 0.175 e. The molecular weight excluding hydrogens is 310 g/mol. The molecular formula is C14H21BrNO3+. The second-order valence-electron chi connectivity index (χ2n) is 4.29. The first-order chi connectivity index (χ1) is 9.08. The Hall–Kier alpha value is -1.04. The summed E-state index contributed by atoms with van der Waals surface area (Å²) < 4.78 is 11.8. The summed E-state index contributed by atoms with van der Waals surface area (Å²) in [6, 6.07) is 3.95. The number of aliphatic hydroxyl groups is 1. The normalized spacial score (nSPS) is 12.0. The maximum Gasteiger partial charge on any atom is 0.175 e. The fourth-order valence-electron chi connectivity index (χ4n) is 1.66. The van der Waals surface area contributed by atoms with Gasteiger partial charge in [-0.05, 0) is 35.0 Å². The fraction of sp³-hybridized carbons (Fsp3) is 0.429. The van der Waals surface area contributed by atoms with E-state index in [-0.39, 0.29) is 6.10 Å². The van der Waals surface area contributed by atoms with E-state index in [1.807, 2.05) is 12.1 Å². The number of hydrogen-bond acceptors (Lipinski definition) is 3. The SMILES string of the molecule is C=CCOc1c(Br)cc(C[NH2+]C[C@H](C)O)cc1OC. The molecule has 0 saturated carbocycles. The zero-order valence-electron chi connectivity index (χ0n) is 11.4. The third-order valence-corrected chi connectivity index (χ3v) is 3.11. The lowest BCUT2D eigenvalue weighted by Crippen LogP contribution is -2.84. The lowest BCUT2D eigenvalue weighted by Gasteiger charge is -2.13. The first kappa shape index (κ1) is 16.0. The molecule has 0 spiro atoms. The van der Waals surface area contributed by atoms with Crippen molar-refractivity contribution in [1.82, 2.24) is 0 Å². The second-order valence-corrected chi connectivity index (χ2v) is 5.14. The zero-order valence-corrected chi connectivity index (χ0v) is 12.9. The summed E-state index contributed by atoms with van der Waals surface area (Å²) in [5, 5.41) is 11.3. The minimum Gasteiger partial charge on any atom is -0.493 e. The number of methoxy groups -OCH3 is 1. The standard InChI is InChI=1S/C14H20BrNO3/c1-4-5-19-14-12(15)6-11(7-13(14)18-3)9-16-8-10(2)17/h4,6-7,10,16-17H,1,5,8-9H2,2-3H3/p+1/t10-/m0/s1. The Labute approximate surface area is 122 Å². The van der Waals surface area contributed by atoms with Crippen LogP contribution in [0.1, 0.15) is 12.5 Å². The number of quaternary nitrogens is 1. The third kappa shape index (κ3) is 5.22. The largest absolute Gasteiger partial charge is 0.493 e. The number of rotatable bonds is 8. The van der Waals surface area contributed by atoms with Crippen LogP contribution in [-0.4, -0.2) is 31.5 Å². The van der Waals surface area contributed by atoms with Gasteiger partial charge in [0.15, 0.2) is 11.5 Å². The van der Waals surface area contributed by atoms with Crippen LogP contribution < -0.4 is 14.8 Å². The monoisotopic (exact) mass is 330 g/mol. The number of nitrogens with two attached hydrogens (primary N) is 1. The molecule has 0 aromatic heterocycles. The van der Waals surface area contributed by atoms with Crippen molar-refractivity contribution in [3.05, 3.63) is 34.8 Å². The highest BCUT2D eigenvalue weighted by Crippen LogP contribution is 2.36. The summed E-state index contributed by atoms with van der Waals surface area (Å²) in [5.41, 5.74) is 1.11. The Morgan fingerprint density at radius 1 is 1.53 bits per heavy atom. The van der Waals surface area contributed by atoms with E-state index in [0.717, 1.165) is 16.6 Å². The first-order valence-corrected chi connectivity index (χ1v) is 6.97. The topological polar surface area (TPSA) is 55.3 Å². The molecule has 0 amide bonds. The molecule has 1 rings (SSSR count). The van der Waals surface area contributed by atoms with Crippen LogP contribution in [0.4, 0.5) is 0 Å². The van der Waals surface area contributed by atoms with Crippen molar-refractivity contribution >= 4 is 15.9 Å². The molecule has 0 unspecified atom stereocenters. The number of hydrogen-bond donors (Lipinski definition) is 2. The maximum absolute atomic E-state index is 9.23. The molecule has 0 aliphatic rings. The van der Waals surface area contributed by atoms with Crippen LogP contribution in [0.25, 0.3) is 0 Å². The highest BCUT2D eigenvalue weighted by atomic mass is 79.9. The molecule has 0 aliphatic heterocycles. The molecule has 0 fully saturated rings. The van der Waals surface area contributed by atoms with E-state index in [0.29, 0.717) is 24.7 Å². The molecule has 1 aromatic rings. The van der Waals surface area contributed by atoms with Gasteiger partial charge in [-0.3, -0.25) is 0 Å². The van der Waals surface area contributed by atoms with Gasteiger partial charge in [0.2, 0.25) is 0 Å². The van der Waals surface area contributed by atoms with Crippen LogP contribution in [0, 0.1) is 0 Å². The van der Waals surface area contributed by atoms with Crippen LogP contribution in [0.2, 0.25) is 0 Å². The molecule has 0 bridgehead atoms. The minimum atomic E-state index is -0.305. The van der Waals surface area contributed by atoms with E-state index in [1.54, 1.807) is 20.1 Å². The van der Waals surface area contributed by atoms with Gasteiger partial charge in [-0.2, -0.15) is 0 Å². The Bertz CT molecular complexity index is 421. The second kappa shape index (κ2) is 8.19. The predicted molar refractivity (Wildman–Crippen MR) is 78.6 cm³/mol. The van der Waals surface area contributed by atoms with Gasteiger partial charge in [-0.15, -0.1) is 0 Å². The lowest BCUT2D eigenvalue weighted by molar-refractivity contribution is -0.676. The van der Waals surface area contributed by atoms with Crippen LogP contribution in [0.5, 0.6) is 11.5 Å². The molecule has 0 heterocycles. The number of halogens is 1. The van der Waals surface area contributed by atoms with Gasteiger partial charge in [-0.1, -0.05) is 12.7 Å². The molecule has 19 heavy (non-hydrogen) atoms. The van der Waals surface area contributed by atoms with E-state index in [1.165, 1.54) is 0 Å². The Balaban J connectivity index is 2.80. The Morgan fingerprint density at radius 2 is 2.26 bits per heavy atom. The highest BCUT2D eigenvalue weighted by Gasteiger charge is 2.12. The van der Waals surface area contributed by atoms with E-state index in [2.05, 4.69) is 27.8 Å². The minimum absolute atomic E-state index is 0.305. The molecule has 0 radical (unpaired) electrons. The summed E-state index contributed by atoms with van der Waals surface area (Å²) in [6.45, 7) is 7.29. The Morgan fingerprint density at radius 3 is 2.84 bits per heavy atom. The van der Waals surface area contributed by atoms with Crippen molar-refractivity contribution < 1.29 is 19.9 Å². The summed E-state index contributed by atoms with van der Waals surface area (Å²) >= 11 is 3.49. The maximum atomic E-state index is 9.23. The van der Waals surface area contributed by atoms with Crippen molar-refractivity contribution in [2.45, 2.75) is 19.6 Å². The first-order valence-electron chi connectivity index (χ1n) is 6.18. The molecule has 3 N–H and O–H groups in total. The van der Waals surface area contributed by atoms with E-state index in [9.17, 15) is 5.11 Å². The molecule has 1 atom stereocenters. The number of ether oxygens (including phenoxy) is 2. The van der Waals surface area contributed by atoms with Gasteiger partial charge in [0.1, 0.15) is 19.7 Å². The van der Waals surface area contributed by atoms with Crippen LogP contribution in [-0.2, 0) is 6.54 Å². The van der Waals surface area contributed by atoms with E-state index >= 15 is 0 Å². The fourth-order valence-corrected chi connectivity index (χ4v) is 2.27. The molecule has 5 heteroatoms. The average molecular weight is 331 g/mol. The van der Waals surface area contributed by atoms with Crippen LogP contribution >= 0.6 is 15.9 Å². The van der Waals surface area contributed by atoms with Crippen molar-refractivity contribution in [2.75, 3.05) is 20.3 Å². The van der Waals surface area contributed by atoms with Crippen molar-refractivity contribution in [3.63, 3.8) is 0 Å². The van der Waals surface area contributed by atoms with Crippen LogP contribution in [0.3, 0.4) is 0 Å². The van der Waals surface area contributed by atoms with Gasteiger partial charge in [0.25, 0.3) is 0 Å². The molecule has 106 valence electrons. The van der Waals surface area contributed by atoms with Crippen molar-refractivity contribution in [1.29, 1.82) is 0 Å². The van der Waals surface area contributed by atoms with Gasteiger partial charge >= 0.3 is 0 Å². The predicted octanol–water partition coefficient (Wildman–Crippen LogP) is 1.47. The molecule has 4 nitrogen and oxygen atoms in total. The summed E-state index contributed by atoms with van der Waals surface area (Å²) in [6.07, 6.45) is 1.39. The lowest BCUT2D eigenvalue weighted by atomic mass is 10.2. The van der Waals surface area contributed by atoms with Gasteiger partial charge in [0, 0.05) is 5.56 Å². The van der Waals surface area contributed by atoms with Crippen LogP contribution in [0.15, 0.2) is 29.3 Å². The van der Waals surface area contributed by atoms with E-state index < -0.39 is 0 Å². The molecule has 0 aliphatic carbocycles. The van der Waals surface area contributed by atoms with Gasteiger partial charge in [-0.25, -0.2) is 0 Å². The summed E-state index contributed by atoms with van der Waals surface area (Å²) in [5.74, 6) is 1.37. The van der Waals surface area contributed by atoms with Gasteiger partial charge < -0.3 is 19.9 Å². The Kier molecular flexibility index (Phi) is 6.91. The number of benzene rings is 1. The molecule has 1 aromatic carbocycles. The van der Waals surface area contributed by atoms with Crippen molar-refractivity contribution in [2.24, 2.45) is 0 Å². The molecule has 0 saturated heterocycles. The van der Waals surface area contributed by atoms with Gasteiger partial charge in [0.05, 0.1) is 17.7 Å². The summed E-state index contributed by atoms with van der Waals surface area (Å²) in [7, 11) is 1.62. The quantitative estimate of drug-likeness (QED) is 0.710. The third-order valence-electron chi connectivity index (χ3n) is 2.52. The number of aliphatic hydroxyl groups excluding tert-OH is 1.